The molecule has 6 aromatic rings. The molecule has 32 heavy (non-hydrogen) atoms. The van der Waals surface area contributed by atoms with E-state index in [2.05, 4.69) is 65.4 Å². The number of pyridine rings is 1. The Balaban J connectivity index is 1.73. The topological polar surface area (TPSA) is 40.8 Å². The number of fused-ring (bicyclic) bond motifs is 4. The summed E-state index contributed by atoms with van der Waals surface area (Å²) in [5, 5.41) is 15.3. The van der Waals surface area contributed by atoms with Crippen molar-refractivity contribution in [3.63, 3.8) is 0 Å². The fourth-order valence-electron chi connectivity index (χ4n) is 4.59. The molecule has 152 valence electrons. The largest absolute Gasteiger partial charge is 0.454 e. The van der Waals surface area contributed by atoms with Crippen LogP contribution >= 0.6 is 11.3 Å². The van der Waals surface area contributed by atoms with Gasteiger partial charge in [-0.2, -0.15) is 5.26 Å². The van der Waals surface area contributed by atoms with Crippen molar-refractivity contribution in [3.8, 4) is 28.5 Å². The first kappa shape index (κ1) is 18.8. The maximum Gasteiger partial charge on any atom is 0.216 e. The fraction of sp³-hybridized carbons (Fsp3) is 0.0714. The Kier molecular flexibility index (Phi) is 4.14. The van der Waals surface area contributed by atoms with E-state index in [1.54, 1.807) is 11.3 Å². The Morgan fingerprint density at radius 1 is 0.906 bits per heavy atom. The van der Waals surface area contributed by atoms with Crippen LogP contribution in [0.4, 0.5) is 0 Å². The Morgan fingerprint density at radius 2 is 1.72 bits per heavy atom. The van der Waals surface area contributed by atoms with Gasteiger partial charge in [-0.05, 0) is 59.1 Å². The average molecular weight is 432 g/mol. The van der Waals surface area contributed by atoms with Gasteiger partial charge >= 0.3 is 0 Å². The van der Waals surface area contributed by atoms with E-state index in [0.29, 0.717) is 5.56 Å². The van der Waals surface area contributed by atoms with Crippen LogP contribution in [0.25, 0.3) is 54.4 Å². The predicted octanol–water partition coefficient (Wildman–Crippen LogP) is 7.14. The lowest BCUT2D eigenvalue weighted by Gasteiger charge is -2.06. The predicted molar refractivity (Wildman–Crippen MR) is 131 cm³/mol. The maximum absolute atomic E-state index is 9.91. The molecule has 0 bridgehead atoms. The molecule has 0 saturated carbocycles. The van der Waals surface area contributed by atoms with Crippen LogP contribution in [0.3, 0.4) is 0 Å². The third-order valence-corrected chi connectivity index (χ3v) is 7.07. The molecule has 3 aromatic carbocycles. The van der Waals surface area contributed by atoms with Gasteiger partial charge in [-0.25, -0.2) is 4.57 Å². The molecule has 0 atom stereocenters. The molecular weight excluding hydrogens is 412 g/mol. The summed E-state index contributed by atoms with van der Waals surface area (Å²) in [6.07, 6.45) is 2.05. The highest BCUT2D eigenvalue weighted by Gasteiger charge is 2.22. The first-order valence-corrected chi connectivity index (χ1v) is 11.4. The average Bonchev–Trinajstić information content (AvgIpc) is 3.42. The first-order valence-electron chi connectivity index (χ1n) is 10.5. The molecule has 3 heterocycles. The number of nitriles is 1. The van der Waals surface area contributed by atoms with E-state index >= 15 is 0 Å². The summed E-state index contributed by atoms with van der Waals surface area (Å²) in [4.78, 5) is 0. The standard InChI is InChI=1S/C28H19N2OS/c1-17-6-10-21-22-11-9-20(16-29)26(19-8-7-18-12-14-32-24(18)15-19)28(22)31-27(21)25(17)23-5-3-4-13-30(23)2/h3-15H,1-2H3/q+1. The van der Waals surface area contributed by atoms with Gasteiger partial charge < -0.3 is 4.42 Å². The van der Waals surface area contributed by atoms with Gasteiger partial charge in [0.1, 0.15) is 18.2 Å². The second-order valence-corrected chi connectivity index (χ2v) is 9.03. The van der Waals surface area contributed by atoms with E-state index < -0.39 is 0 Å². The van der Waals surface area contributed by atoms with Crippen molar-refractivity contribution in [3.05, 3.63) is 89.4 Å². The second kappa shape index (κ2) is 7.05. The zero-order chi connectivity index (χ0) is 21.8. The minimum absolute atomic E-state index is 0.621. The van der Waals surface area contributed by atoms with Gasteiger partial charge in [0.05, 0.1) is 17.2 Å². The molecular formula is C28H19N2OS+. The Morgan fingerprint density at radius 3 is 2.53 bits per heavy atom. The monoisotopic (exact) mass is 431 g/mol. The van der Waals surface area contributed by atoms with Crippen LogP contribution in [0.2, 0.25) is 0 Å². The number of rotatable bonds is 2. The summed E-state index contributed by atoms with van der Waals surface area (Å²) in [6, 6.07) is 25.2. The van der Waals surface area contributed by atoms with Crippen LogP contribution in [0, 0.1) is 18.3 Å². The highest BCUT2D eigenvalue weighted by Crippen LogP contribution is 2.42. The molecule has 0 aliphatic carbocycles. The van der Waals surface area contributed by atoms with Crippen molar-refractivity contribution in [1.29, 1.82) is 5.26 Å². The van der Waals surface area contributed by atoms with E-state index in [-0.39, 0.29) is 0 Å². The third-order valence-electron chi connectivity index (χ3n) is 6.19. The van der Waals surface area contributed by atoms with Crippen molar-refractivity contribution in [2.75, 3.05) is 0 Å². The summed E-state index contributed by atoms with van der Waals surface area (Å²) >= 11 is 1.71. The van der Waals surface area contributed by atoms with Crippen LogP contribution in [0.15, 0.2) is 82.7 Å². The smallest absolute Gasteiger partial charge is 0.216 e. The molecule has 0 aliphatic heterocycles. The Labute approximate surface area is 189 Å². The normalized spacial score (nSPS) is 11.4. The zero-order valence-corrected chi connectivity index (χ0v) is 18.5. The maximum atomic E-state index is 9.91. The van der Waals surface area contributed by atoms with Crippen LogP contribution in [-0.2, 0) is 7.05 Å². The van der Waals surface area contributed by atoms with E-state index in [1.165, 1.54) is 10.1 Å². The van der Waals surface area contributed by atoms with Gasteiger partial charge in [0, 0.05) is 33.2 Å². The summed E-state index contributed by atoms with van der Waals surface area (Å²) < 4.78 is 9.95. The Hall–Kier alpha value is -3.94. The summed E-state index contributed by atoms with van der Waals surface area (Å²) in [5.41, 5.74) is 7.44. The van der Waals surface area contributed by atoms with Gasteiger partial charge in [-0.3, -0.25) is 0 Å². The molecule has 4 heteroatoms. The van der Waals surface area contributed by atoms with Crippen molar-refractivity contribution < 1.29 is 8.98 Å². The van der Waals surface area contributed by atoms with Gasteiger partial charge in [0.2, 0.25) is 5.69 Å². The Bertz CT molecular complexity index is 1720. The summed E-state index contributed by atoms with van der Waals surface area (Å²) in [6.45, 7) is 2.11. The number of hydrogen-bond acceptors (Lipinski definition) is 3. The van der Waals surface area contributed by atoms with Crippen molar-refractivity contribution in [2.24, 2.45) is 7.05 Å². The second-order valence-electron chi connectivity index (χ2n) is 8.08. The molecule has 3 aromatic heterocycles. The molecule has 0 aliphatic rings. The lowest BCUT2D eigenvalue weighted by atomic mass is 9.96. The van der Waals surface area contributed by atoms with E-state index in [0.717, 1.165) is 49.9 Å². The molecule has 0 unspecified atom stereocenters. The van der Waals surface area contributed by atoms with Gasteiger partial charge in [0.25, 0.3) is 0 Å². The molecule has 0 spiro atoms. The van der Waals surface area contributed by atoms with Gasteiger partial charge in [0.15, 0.2) is 6.20 Å². The summed E-state index contributed by atoms with van der Waals surface area (Å²) in [5.74, 6) is 0. The number of benzene rings is 3. The van der Waals surface area contributed by atoms with Crippen LogP contribution in [0.5, 0.6) is 0 Å². The fourth-order valence-corrected chi connectivity index (χ4v) is 5.42. The lowest BCUT2D eigenvalue weighted by molar-refractivity contribution is -0.660. The quantitative estimate of drug-likeness (QED) is 0.273. The van der Waals surface area contributed by atoms with E-state index in [1.807, 2.05) is 37.5 Å². The lowest BCUT2D eigenvalue weighted by Crippen LogP contribution is -2.30. The highest BCUT2D eigenvalue weighted by molar-refractivity contribution is 7.17. The first-order chi connectivity index (χ1) is 15.7. The minimum atomic E-state index is 0.621. The zero-order valence-electron chi connectivity index (χ0n) is 17.7. The van der Waals surface area contributed by atoms with Gasteiger partial charge in [-0.15, -0.1) is 11.3 Å². The summed E-state index contributed by atoms with van der Waals surface area (Å²) in [7, 11) is 2.05. The van der Waals surface area contributed by atoms with Gasteiger partial charge in [-0.1, -0.05) is 24.3 Å². The third kappa shape index (κ3) is 2.69. The van der Waals surface area contributed by atoms with E-state index in [4.69, 9.17) is 4.42 Å². The SMILES string of the molecule is Cc1ccc2c(oc3c(-c4ccc5ccsc5c4)c(C#N)ccc32)c1-c1cccc[n+]1C. The molecule has 6 rings (SSSR count). The highest BCUT2D eigenvalue weighted by atomic mass is 32.1. The molecule has 0 radical (unpaired) electrons. The molecule has 0 N–H and O–H groups in total. The molecule has 0 amide bonds. The van der Waals surface area contributed by atoms with Crippen LogP contribution in [0.1, 0.15) is 11.1 Å². The van der Waals surface area contributed by atoms with Crippen LogP contribution in [-0.4, -0.2) is 0 Å². The minimum Gasteiger partial charge on any atom is -0.454 e. The number of aryl methyl sites for hydroxylation is 2. The molecule has 0 fully saturated rings. The number of furan rings is 1. The number of hydrogen-bond donors (Lipinski definition) is 0. The molecule has 3 nitrogen and oxygen atoms in total. The van der Waals surface area contributed by atoms with Crippen molar-refractivity contribution in [2.45, 2.75) is 6.92 Å². The van der Waals surface area contributed by atoms with Crippen molar-refractivity contribution in [1.82, 2.24) is 0 Å². The van der Waals surface area contributed by atoms with Crippen LogP contribution < -0.4 is 4.57 Å². The number of nitrogens with zero attached hydrogens (tertiary/aromatic N) is 2. The van der Waals surface area contributed by atoms with E-state index in [9.17, 15) is 5.26 Å². The number of thiophene rings is 1. The van der Waals surface area contributed by atoms with Crippen molar-refractivity contribution >= 4 is 43.4 Å². The molecule has 0 saturated heterocycles. The number of aromatic nitrogens is 1.